The Bertz CT molecular complexity index is 1640. The van der Waals surface area contributed by atoms with E-state index in [0.717, 1.165) is 28.1 Å². The molecule has 0 bridgehead atoms. The monoisotopic (exact) mass is 682 g/mol. The molecule has 13 heteroatoms. The standard InChI is InChI=1S/C35H46N4O8S/c1-23(2)21-39(48(46,47)26-16-17-28(40)29(41)19-26)22-30(42)27(18-24-12-8-6-9-13-24)37-34(45)32(35(3,4)5)38-31(43)20-36-33(44)25-14-10-7-11-15-25/h6-17,19,23,27,30,32,40-42H,18,20-22H2,1-5H3,(H,36,44)(H,37,45)(H,38,43)/t27-,30+,32+/m0/s1. The highest BCUT2D eigenvalue weighted by Gasteiger charge is 2.37. The van der Waals surface area contributed by atoms with Crippen molar-refractivity contribution in [3.63, 3.8) is 0 Å². The molecule has 0 heterocycles. The molecule has 0 aliphatic carbocycles. The van der Waals surface area contributed by atoms with Gasteiger partial charge in [0.15, 0.2) is 11.5 Å². The Hall–Kier alpha value is -4.46. The number of nitrogens with one attached hydrogen (secondary N) is 3. The summed E-state index contributed by atoms with van der Waals surface area (Å²) in [4.78, 5) is 38.9. The van der Waals surface area contributed by atoms with Gasteiger partial charge in [-0.3, -0.25) is 14.4 Å². The van der Waals surface area contributed by atoms with E-state index in [2.05, 4.69) is 16.0 Å². The lowest BCUT2D eigenvalue weighted by Gasteiger charge is -2.34. The van der Waals surface area contributed by atoms with Crippen molar-refractivity contribution in [2.24, 2.45) is 11.3 Å². The van der Waals surface area contributed by atoms with Crippen molar-refractivity contribution >= 4 is 27.7 Å². The first kappa shape index (κ1) is 38.0. The zero-order valence-corrected chi connectivity index (χ0v) is 28.7. The summed E-state index contributed by atoms with van der Waals surface area (Å²) in [5.41, 5.74) is 0.353. The van der Waals surface area contributed by atoms with E-state index in [1.165, 1.54) is 0 Å². The maximum absolute atomic E-state index is 13.8. The van der Waals surface area contributed by atoms with Crippen LogP contribution < -0.4 is 16.0 Å². The first-order valence-electron chi connectivity index (χ1n) is 15.7. The zero-order valence-electron chi connectivity index (χ0n) is 27.9. The maximum Gasteiger partial charge on any atom is 0.251 e. The molecule has 0 aromatic heterocycles. The Kier molecular flexibility index (Phi) is 13.1. The molecule has 3 amide bonds. The van der Waals surface area contributed by atoms with Crippen LogP contribution in [0.15, 0.2) is 83.8 Å². The Morgan fingerprint density at radius 3 is 2.00 bits per heavy atom. The van der Waals surface area contributed by atoms with Gasteiger partial charge < -0.3 is 31.3 Å². The van der Waals surface area contributed by atoms with E-state index in [1.54, 1.807) is 63.2 Å². The van der Waals surface area contributed by atoms with Gasteiger partial charge in [0.2, 0.25) is 21.8 Å². The smallest absolute Gasteiger partial charge is 0.251 e. The molecular weight excluding hydrogens is 636 g/mol. The summed E-state index contributed by atoms with van der Waals surface area (Å²) in [5, 5.41) is 39.4. The van der Waals surface area contributed by atoms with Crippen molar-refractivity contribution in [2.45, 2.75) is 64.1 Å². The molecule has 0 aliphatic heterocycles. The van der Waals surface area contributed by atoms with Gasteiger partial charge in [0.25, 0.3) is 5.91 Å². The molecule has 0 spiro atoms. The molecule has 0 radical (unpaired) electrons. The molecule has 0 unspecified atom stereocenters. The van der Waals surface area contributed by atoms with E-state index in [9.17, 15) is 38.1 Å². The van der Waals surface area contributed by atoms with Crippen molar-refractivity contribution in [2.75, 3.05) is 19.6 Å². The minimum atomic E-state index is -4.26. The number of aromatic hydroxyl groups is 2. The molecule has 0 saturated carbocycles. The van der Waals surface area contributed by atoms with Gasteiger partial charge in [-0.2, -0.15) is 4.31 Å². The quantitative estimate of drug-likeness (QED) is 0.132. The van der Waals surface area contributed by atoms with Crippen molar-refractivity contribution in [1.82, 2.24) is 20.3 Å². The van der Waals surface area contributed by atoms with Crippen LogP contribution in [0.4, 0.5) is 0 Å². The van der Waals surface area contributed by atoms with Crippen molar-refractivity contribution in [3.8, 4) is 11.5 Å². The summed E-state index contributed by atoms with van der Waals surface area (Å²) in [6.45, 7) is 8.13. The number of rotatable bonds is 15. The number of carbonyl (C=O) groups excluding carboxylic acids is 3. The van der Waals surface area contributed by atoms with Crippen molar-refractivity contribution in [3.05, 3.63) is 90.0 Å². The molecule has 0 fully saturated rings. The lowest BCUT2D eigenvalue weighted by molar-refractivity contribution is -0.132. The number of aliphatic hydroxyl groups is 1. The summed E-state index contributed by atoms with van der Waals surface area (Å²) in [6.07, 6.45) is -1.27. The van der Waals surface area contributed by atoms with E-state index >= 15 is 0 Å². The number of aliphatic hydroxyl groups excluding tert-OH is 1. The molecule has 3 aromatic carbocycles. The Morgan fingerprint density at radius 2 is 1.44 bits per heavy atom. The number of phenols is 2. The highest BCUT2D eigenvalue weighted by Crippen LogP contribution is 2.29. The summed E-state index contributed by atoms with van der Waals surface area (Å²) in [7, 11) is -4.26. The topological polar surface area (TPSA) is 185 Å². The van der Waals surface area contributed by atoms with Gasteiger partial charge in [0.05, 0.1) is 23.6 Å². The van der Waals surface area contributed by atoms with Crippen LogP contribution in [-0.2, 0) is 26.0 Å². The number of hydrogen-bond donors (Lipinski definition) is 6. The van der Waals surface area contributed by atoms with E-state index < -0.39 is 69.4 Å². The molecule has 3 rings (SSSR count). The second-order valence-corrected chi connectivity index (χ2v) is 15.1. The molecule has 12 nitrogen and oxygen atoms in total. The molecule has 3 atom stereocenters. The van der Waals surface area contributed by atoms with E-state index in [1.807, 2.05) is 32.0 Å². The van der Waals surface area contributed by atoms with Crippen LogP contribution in [0.25, 0.3) is 0 Å². The van der Waals surface area contributed by atoms with Crippen LogP contribution in [0.2, 0.25) is 0 Å². The van der Waals surface area contributed by atoms with Crippen molar-refractivity contribution in [1.29, 1.82) is 0 Å². The van der Waals surface area contributed by atoms with Crippen LogP contribution in [0.1, 0.15) is 50.5 Å². The largest absolute Gasteiger partial charge is 0.504 e. The highest BCUT2D eigenvalue weighted by molar-refractivity contribution is 7.89. The van der Waals surface area contributed by atoms with Gasteiger partial charge in [0.1, 0.15) is 6.04 Å². The third-order valence-electron chi connectivity index (χ3n) is 7.51. The first-order valence-corrected chi connectivity index (χ1v) is 17.1. The summed E-state index contributed by atoms with van der Waals surface area (Å²) in [5.74, 6) is -2.88. The molecule has 48 heavy (non-hydrogen) atoms. The van der Waals surface area contributed by atoms with Gasteiger partial charge in [-0.05, 0) is 47.6 Å². The highest BCUT2D eigenvalue weighted by atomic mass is 32.2. The van der Waals surface area contributed by atoms with Gasteiger partial charge >= 0.3 is 0 Å². The molecular formula is C35H46N4O8S. The molecule has 6 N–H and O–H groups in total. The fourth-order valence-electron chi connectivity index (χ4n) is 4.98. The minimum Gasteiger partial charge on any atom is -0.504 e. The normalized spacial score (nSPS) is 13.8. The number of hydrogen-bond acceptors (Lipinski definition) is 8. The minimum absolute atomic E-state index is 0.0163. The second kappa shape index (κ2) is 16.6. The zero-order chi connectivity index (χ0) is 35.6. The average Bonchev–Trinajstić information content (AvgIpc) is 3.03. The van der Waals surface area contributed by atoms with Crippen LogP contribution in [0.3, 0.4) is 0 Å². The van der Waals surface area contributed by atoms with E-state index in [0.29, 0.717) is 5.56 Å². The molecule has 0 saturated heterocycles. The third kappa shape index (κ3) is 10.8. The number of carbonyl (C=O) groups is 3. The van der Waals surface area contributed by atoms with Gasteiger partial charge in [0, 0.05) is 24.7 Å². The summed E-state index contributed by atoms with van der Waals surface area (Å²) in [6, 6.07) is 18.5. The van der Waals surface area contributed by atoms with Gasteiger partial charge in [-0.1, -0.05) is 83.1 Å². The maximum atomic E-state index is 13.8. The Balaban J connectivity index is 1.84. The van der Waals surface area contributed by atoms with Crippen LogP contribution in [-0.4, -0.2) is 83.6 Å². The number of benzene rings is 3. The summed E-state index contributed by atoms with van der Waals surface area (Å²) >= 11 is 0. The third-order valence-corrected chi connectivity index (χ3v) is 9.34. The number of phenolic OH excluding ortho intramolecular Hbond substituents is 2. The Labute approximate surface area is 282 Å². The molecule has 0 aliphatic rings. The number of nitrogens with zero attached hydrogens (tertiary/aromatic N) is 1. The summed E-state index contributed by atoms with van der Waals surface area (Å²) < 4.78 is 28.5. The predicted molar refractivity (Wildman–Crippen MR) is 182 cm³/mol. The Morgan fingerprint density at radius 1 is 0.833 bits per heavy atom. The predicted octanol–water partition coefficient (Wildman–Crippen LogP) is 2.79. The molecule has 3 aromatic rings. The van der Waals surface area contributed by atoms with Gasteiger partial charge in [-0.25, -0.2) is 8.42 Å². The fourth-order valence-corrected chi connectivity index (χ4v) is 6.63. The SMILES string of the molecule is CC(C)CN(C[C@@H](O)[C@H](Cc1ccccc1)NC(=O)[C@@H](NC(=O)CNC(=O)c1ccccc1)C(C)(C)C)S(=O)(=O)c1ccc(O)c(O)c1. The average molecular weight is 683 g/mol. The lowest BCUT2D eigenvalue weighted by atomic mass is 9.85. The van der Waals surface area contributed by atoms with Gasteiger partial charge in [-0.15, -0.1) is 0 Å². The van der Waals surface area contributed by atoms with E-state index in [4.69, 9.17) is 0 Å². The number of amides is 3. The van der Waals surface area contributed by atoms with Crippen LogP contribution >= 0.6 is 0 Å². The number of sulfonamides is 1. The first-order chi connectivity index (χ1) is 22.5. The second-order valence-electron chi connectivity index (χ2n) is 13.2. The lowest BCUT2D eigenvalue weighted by Crippen LogP contribution is -2.59. The van der Waals surface area contributed by atoms with Crippen LogP contribution in [0.5, 0.6) is 11.5 Å². The van der Waals surface area contributed by atoms with E-state index in [-0.39, 0.29) is 30.3 Å². The fraction of sp³-hybridized carbons (Fsp3) is 0.400. The molecule has 260 valence electrons. The van der Waals surface area contributed by atoms with Crippen molar-refractivity contribution < 1.29 is 38.1 Å². The van der Waals surface area contributed by atoms with Crippen LogP contribution in [0, 0.1) is 11.3 Å².